The fourth-order valence-electron chi connectivity index (χ4n) is 8.03. The summed E-state index contributed by atoms with van der Waals surface area (Å²) in [6.45, 7) is 1.37. The quantitative estimate of drug-likeness (QED) is 0.149. The van der Waals surface area contributed by atoms with E-state index in [9.17, 15) is 27.6 Å². The van der Waals surface area contributed by atoms with Crippen LogP contribution in [-0.4, -0.2) is 96.7 Å². The molecule has 3 aliphatic rings. The highest BCUT2D eigenvalue weighted by atomic mass is 32.2. The van der Waals surface area contributed by atoms with Crippen LogP contribution < -0.4 is 11.1 Å². The zero-order chi connectivity index (χ0) is 38.0. The normalized spacial score (nSPS) is 19.8. The number of primary amides is 1. The predicted octanol–water partition coefficient (Wildman–Crippen LogP) is 3.43. The lowest BCUT2D eigenvalue weighted by Gasteiger charge is -2.38. The minimum atomic E-state index is -3.87. The fourth-order valence-corrected chi connectivity index (χ4v) is 9.14. The van der Waals surface area contributed by atoms with Gasteiger partial charge in [-0.05, 0) is 67.9 Å². The minimum absolute atomic E-state index is 0.0268. The SMILES string of the molecule is CS(=O)(=O)N(CC1CCN(C(=N)NC(=O)C(CC(=O)OCc2ccccc2)C2CCCCC2)CC1)[C@H](Cc1ccccc1)C(=O)N1CCC[C@H]1C(N)=O. The van der Waals surface area contributed by atoms with E-state index in [-0.39, 0.29) is 49.7 Å². The number of nitrogens with one attached hydrogen (secondary N) is 2. The highest BCUT2D eigenvalue weighted by Gasteiger charge is 2.42. The Morgan fingerprint density at radius 2 is 1.51 bits per heavy atom. The molecule has 2 heterocycles. The second-order valence-corrected chi connectivity index (χ2v) is 16.7. The standard InChI is InChI=1S/C39H54N6O7S/c1-53(50,51)45(34(24-28-12-5-2-6-13-28)38(49)44-21-11-18-33(44)36(40)47)26-29-19-22-43(23-20-29)39(41)42-37(48)32(31-16-9-4-10-17-31)25-35(46)52-27-30-14-7-3-8-15-30/h2-3,5-8,12-15,29,31-34H,4,9-11,16-27H2,1H3,(H2,40,47)(H2,41,42,48)/t32?,33-,34+/m0/s1. The van der Waals surface area contributed by atoms with Crippen molar-refractivity contribution in [2.24, 2.45) is 23.5 Å². The van der Waals surface area contributed by atoms with E-state index in [2.05, 4.69) is 5.32 Å². The van der Waals surface area contributed by atoms with Gasteiger partial charge in [0, 0.05) is 26.2 Å². The van der Waals surface area contributed by atoms with Crippen LogP contribution in [0.5, 0.6) is 0 Å². The highest BCUT2D eigenvalue weighted by molar-refractivity contribution is 7.88. The molecule has 5 rings (SSSR count). The molecule has 2 saturated heterocycles. The third kappa shape index (κ3) is 11.1. The van der Waals surface area contributed by atoms with Crippen molar-refractivity contribution in [2.75, 3.05) is 32.4 Å². The molecule has 1 aliphatic carbocycles. The smallest absolute Gasteiger partial charge is 0.306 e. The van der Waals surface area contributed by atoms with Crippen LogP contribution in [0.2, 0.25) is 0 Å². The largest absolute Gasteiger partial charge is 0.461 e. The van der Waals surface area contributed by atoms with Gasteiger partial charge in [-0.15, -0.1) is 0 Å². The Kier molecular flexibility index (Phi) is 14.0. The van der Waals surface area contributed by atoms with Gasteiger partial charge in [-0.2, -0.15) is 4.31 Å². The van der Waals surface area contributed by atoms with Crippen LogP contribution in [0, 0.1) is 23.2 Å². The number of nitrogens with zero attached hydrogens (tertiary/aromatic N) is 3. The number of benzene rings is 2. The van der Waals surface area contributed by atoms with Crippen LogP contribution in [0.25, 0.3) is 0 Å². The number of amides is 3. The molecule has 3 fully saturated rings. The lowest BCUT2D eigenvalue weighted by atomic mass is 9.78. The Labute approximate surface area is 313 Å². The van der Waals surface area contributed by atoms with Crippen molar-refractivity contribution in [1.29, 1.82) is 5.41 Å². The van der Waals surface area contributed by atoms with Crippen LogP contribution in [0.1, 0.15) is 75.3 Å². The van der Waals surface area contributed by atoms with Gasteiger partial charge in [0.15, 0.2) is 5.96 Å². The number of rotatable bonds is 14. The number of hydrogen-bond acceptors (Lipinski definition) is 8. The topological polar surface area (TPSA) is 183 Å². The van der Waals surface area contributed by atoms with Crippen molar-refractivity contribution in [3.63, 3.8) is 0 Å². The third-order valence-corrected chi connectivity index (χ3v) is 12.2. The first-order chi connectivity index (χ1) is 25.4. The summed E-state index contributed by atoms with van der Waals surface area (Å²) >= 11 is 0. The van der Waals surface area contributed by atoms with E-state index in [4.69, 9.17) is 15.9 Å². The molecule has 2 aromatic carbocycles. The third-order valence-electron chi connectivity index (χ3n) is 11.0. The molecule has 0 spiro atoms. The molecule has 288 valence electrons. The molecule has 14 heteroatoms. The number of sulfonamides is 1. The fraction of sp³-hybridized carbons (Fsp3) is 0.564. The monoisotopic (exact) mass is 750 g/mol. The molecule has 4 N–H and O–H groups in total. The van der Waals surface area contributed by atoms with E-state index in [1.54, 1.807) is 4.90 Å². The minimum Gasteiger partial charge on any atom is -0.461 e. The van der Waals surface area contributed by atoms with Crippen LogP contribution in [0.15, 0.2) is 60.7 Å². The van der Waals surface area contributed by atoms with Crippen molar-refractivity contribution in [2.45, 2.75) is 89.3 Å². The molecule has 2 aliphatic heterocycles. The van der Waals surface area contributed by atoms with E-state index in [1.165, 1.54) is 9.21 Å². The van der Waals surface area contributed by atoms with Gasteiger partial charge in [-0.3, -0.25) is 29.9 Å². The van der Waals surface area contributed by atoms with Gasteiger partial charge in [0.05, 0.1) is 18.6 Å². The number of carbonyl (C=O) groups is 4. The van der Waals surface area contributed by atoms with E-state index in [0.29, 0.717) is 45.3 Å². The Hall–Kier alpha value is -4.30. The molecule has 3 atom stereocenters. The van der Waals surface area contributed by atoms with E-state index < -0.39 is 45.8 Å². The van der Waals surface area contributed by atoms with Crippen LogP contribution in [-0.2, 0) is 47.0 Å². The Bertz CT molecular complexity index is 1680. The first kappa shape index (κ1) is 39.9. The van der Waals surface area contributed by atoms with Gasteiger partial charge in [0.1, 0.15) is 18.7 Å². The summed E-state index contributed by atoms with van der Waals surface area (Å²) in [6.07, 6.45) is 8.07. The molecule has 0 bridgehead atoms. The van der Waals surface area contributed by atoms with Gasteiger partial charge in [-0.1, -0.05) is 79.9 Å². The molecular formula is C39H54N6O7S. The van der Waals surface area contributed by atoms with Crippen LogP contribution in [0.4, 0.5) is 0 Å². The van der Waals surface area contributed by atoms with Gasteiger partial charge < -0.3 is 20.3 Å². The molecular weight excluding hydrogens is 697 g/mol. The number of nitrogens with two attached hydrogens (primary N) is 1. The molecule has 0 aromatic heterocycles. The van der Waals surface area contributed by atoms with E-state index in [1.807, 2.05) is 60.7 Å². The summed E-state index contributed by atoms with van der Waals surface area (Å²) in [4.78, 5) is 56.1. The average Bonchev–Trinajstić information content (AvgIpc) is 3.66. The zero-order valence-corrected chi connectivity index (χ0v) is 31.5. The van der Waals surface area contributed by atoms with Gasteiger partial charge in [0.2, 0.25) is 27.7 Å². The molecule has 53 heavy (non-hydrogen) atoms. The Morgan fingerprint density at radius 3 is 2.11 bits per heavy atom. The maximum Gasteiger partial charge on any atom is 0.306 e. The van der Waals surface area contributed by atoms with Crippen molar-refractivity contribution in [3.8, 4) is 0 Å². The zero-order valence-electron chi connectivity index (χ0n) is 30.7. The first-order valence-electron chi connectivity index (χ1n) is 18.8. The maximum absolute atomic E-state index is 14.1. The summed E-state index contributed by atoms with van der Waals surface area (Å²) in [5.41, 5.74) is 7.29. The number of ether oxygens (including phenoxy) is 1. The first-order valence-corrected chi connectivity index (χ1v) is 20.7. The van der Waals surface area contributed by atoms with Crippen molar-refractivity contribution in [1.82, 2.24) is 19.4 Å². The Morgan fingerprint density at radius 1 is 0.887 bits per heavy atom. The number of piperidine rings is 1. The average molecular weight is 751 g/mol. The van der Waals surface area contributed by atoms with Crippen molar-refractivity contribution < 1.29 is 32.3 Å². The lowest BCUT2D eigenvalue weighted by molar-refractivity contribution is -0.149. The molecule has 0 radical (unpaired) electrons. The Balaban J connectivity index is 1.21. The second-order valence-electron chi connectivity index (χ2n) is 14.8. The van der Waals surface area contributed by atoms with Gasteiger partial charge >= 0.3 is 5.97 Å². The molecule has 1 saturated carbocycles. The number of carbonyl (C=O) groups excluding carboxylic acids is 4. The summed E-state index contributed by atoms with van der Waals surface area (Å²) in [5.74, 6) is -2.58. The van der Waals surface area contributed by atoms with Crippen molar-refractivity contribution >= 4 is 39.7 Å². The summed E-state index contributed by atoms with van der Waals surface area (Å²) in [7, 11) is -3.87. The molecule has 1 unspecified atom stereocenters. The number of hydrogen-bond donors (Lipinski definition) is 3. The molecule has 3 amide bonds. The predicted molar refractivity (Wildman–Crippen MR) is 200 cm³/mol. The maximum atomic E-state index is 14.1. The lowest BCUT2D eigenvalue weighted by Crippen LogP contribution is -2.56. The van der Waals surface area contributed by atoms with Crippen LogP contribution >= 0.6 is 0 Å². The van der Waals surface area contributed by atoms with Gasteiger partial charge in [-0.25, -0.2) is 8.42 Å². The summed E-state index contributed by atoms with van der Waals surface area (Å²) < 4.78 is 33.6. The van der Waals surface area contributed by atoms with Crippen molar-refractivity contribution in [3.05, 3.63) is 71.8 Å². The number of guanidine groups is 1. The van der Waals surface area contributed by atoms with E-state index in [0.717, 1.165) is 49.5 Å². The molecule has 2 aromatic rings. The summed E-state index contributed by atoms with van der Waals surface area (Å²) in [6, 6.07) is 16.8. The summed E-state index contributed by atoms with van der Waals surface area (Å²) in [5, 5.41) is 11.6. The molecule has 13 nitrogen and oxygen atoms in total. The van der Waals surface area contributed by atoms with E-state index >= 15 is 0 Å². The number of likely N-dealkylation sites (tertiary alicyclic amines) is 2. The van der Waals surface area contributed by atoms with Gasteiger partial charge in [0.25, 0.3) is 0 Å². The number of esters is 1. The highest BCUT2D eigenvalue weighted by Crippen LogP contribution is 2.33. The second kappa shape index (κ2) is 18.6. The van der Waals surface area contributed by atoms with Crippen LogP contribution in [0.3, 0.4) is 0 Å².